The van der Waals surface area contributed by atoms with Gasteiger partial charge in [-0.2, -0.15) is 0 Å². The van der Waals surface area contributed by atoms with Crippen LogP contribution in [0.5, 0.6) is 0 Å². The quantitative estimate of drug-likeness (QED) is 0.489. The summed E-state index contributed by atoms with van der Waals surface area (Å²) < 4.78 is 37.2. The molecule has 1 aromatic carbocycles. The summed E-state index contributed by atoms with van der Waals surface area (Å²) in [5, 5.41) is 5.21. The Bertz CT molecular complexity index is 1060. The smallest absolute Gasteiger partial charge is 0.254 e. The maximum Gasteiger partial charge on any atom is 0.254 e. The molecule has 10 heteroatoms. The lowest BCUT2D eigenvalue weighted by atomic mass is 10.3. The van der Waals surface area contributed by atoms with Gasteiger partial charge in [0.1, 0.15) is 12.0 Å². The number of carbonyl (C=O) groups is 2. The number of carbonyl (C=O) groups excluding carboxylic acids is 2. The molecule has 0 unspecified atom stereocenters. The van der Waals surface area contributed by atoms with Gasteiger partial charge in [0.25, 0.3) is 5.91 Å². The Morgan fingerprint density at radius 1 is 1.03 bits per heavy atom. The molecular formula is C19H19N3O6S. The molecule has 3 aromatic rings. The number of amides is 2. The van der Waals surface area contributed by atoms with Crippen LogP contribution in [-0.4, -0.2) is 26.8 Å². The summed E-state index contributed by atoms with van der Waals surface area (Å²) in [6, 6.07) is 10.7. The number of hydrogen-bond acceptors (Lipinski definition) is 6. The molecule has 0 radical (unpaired) electrons. The largest absolute Gasteiger partial charge is 0.472 e. The summed E-state index contributed by atoms with van der Waals surface area (Å²) in [6.45, 7) is 0.140. The van der Waals surface area contributed by atoms with E-state index >= 15 is 0 Å². The van der Waals surface area contributed by atoms with Gasteiger partial charge in [-0.3, -0.25) is 9.59 Å². The van der Waals surface area contributed by atoms with Gasteiger partial charge in [-0.05, 0) is 36.4 Å². The van der Waals surface area contributed by atoms with Crippen LogP contribution in [0.15, 0.2) is 75.0 Å². The molecular weight excluding hydrogens is 398 g/mol. The first-order valence-electron chi connectivity index (χ1n) is 8.66. The standard InChI is InChI=1S/C19H19N3O6S/c23-18(6-8-20-19(24)14-7-10-27-13-14)22-15-3-1-5-17(11-15)29(25,26)21-12-16-4-2-9-28-16/h1-5,7,9-11,13,21H,6,8,12H2,(H,20,24)(H,22,23). The predicted molar refractivity (Wildman–Crippen MR) is 103 cm³/mol. The first-order valence-corrected chi connectivity index (χ1v) is 10.1. The fraction of sp³-hybridized carbons (Fsp3) is 0.158. The van der Waals surface area contributed by atoms with Gasteiger partial charge in [-0.1, -0.05) is 6.07 Å². The summed E-state index contributed by atoms with van der Waals surface area (Å²) in [5.41, 5.74) is 0.697. The Balaban J connectivity index is 1.52. The third kappa shape index (κ3) is 5.80. The van der Waals surface area contributed by atoms with E-state index in [0.29, 0.717) is 17.0 Å². The van der Waals surface area contributed by atoms with Crippen molar-refractivity contribution in [2.24, 2.45) is 0 Å². The minimum absolute atomic E-state index is 0.00937. The average Bonchev–Trinajstić information content (AvgIpc) is 3.40. The van der Waals surface area contributed by atoms with Crippen molar-refractivity contribution in [3.8, 4) is 0 Å². The molecule has 0 spiro atoms. The number of hydrogen-bond donors (Lipinski definition) is 3. The second kappa shape index (κ2) is 9.22. The lowest BCUT2D eigenvalue weighted by Crippen LogP contribution is -2.27. The van der Waals surface area contributed by atoms with Crippen LogP contribution in [0.1, 0.15) is 22.5 Å². The van der Waals surface area contributed by atoms with Crippen molar-refractivity contribution in [3.05, 3.63) is 72.6 Å². The Kier molecular flexibility index (Phi) is 6.47. The van der Waals surface area contributed by atoms with E-state index in [1.54, 1.807) is 18.2 Å². The molecule has 3 rings (SSSR count). The fourth-order valence-corrected chi connectivity index (χ4v) is 3.45. The van der Waals surface area contributed by atoms with Gasteiger partial charge in [-0.25, -0.2) is 13.1 Å². The number of furan rings is 2. The van der Waals surface area contributed by atoms with Crippen molar-refractivity contribution in [1.29, 1.82) is 0 Å². The molecule has 3 N–H and O–H groups in total. The van der Waals surface area contributed by atoms with Crippen LogP contribution in [0.2, 0.25) is 0 Å². The monoisotopic (exact) mass is 417 g/mol. The summed E-state index contributed by atoms with van der Waals surface area (Å²) in [6.07, 6.45) is 4.17. The molecule has 9 nitrogen and oxygen atoms in total. The minimum atomic E-state index is -3.78. The van der Waals surface area contributed by atoms with Gasteiger partial charge in [0.05, 0.1) is 29.5 Å². The van der Waals surface area contributed by atoms with Crippen molar-refractivity contribution < 1.29 is 26.8 Å². The van der Waals surface area contributed by atoms with E-state index in [1.807, 2.05) is 0 Å². The summed E-state index contributed by atoms with van der Waals surface area (Å²) in [7, 11) is -3.78. The second-order valence-corrected chi connectivity index (χ2v) is 7.76. The van der Waals surface area contributed by atoms with E-state index in [2.05, 4.69) is 15.4 Å². The van der Waals surface area contributed by atoms with Gasteiger partial charge < -0.3 is 19.5 Å². The van der Waals surface area contributed by atoms with Gasteiger partial charge in [-0.15, -0.1) is 0 Å². The number of benzene rings is 1. The molecule has 0 atom stereocenters. The molecule has 2 heterocycles. The van der Waals surface area contributed by atoms with E-state index in [9.17, 15) is 18.0 Å². The van der Waals surface area contributed by atoms with Crippen molar-refractivity contribution >= 4 is 27.5 Å². The molecule has 152 valence electrons. The lowest BCUT2D eigenvalue weighted by molar-refractivity contribution is -0.116. The van der Waals surface area contributed by atoms with Crippen molar-refractivity contribution in [2.45, 2.75) is 17.9 Å². The van der Waals surface area contributed by atoms with Gasteiger partial charge in [0.2, 0.25) is 15.9 Å². The molecule has 2 amide bonds. The van der Waals surface area contributed by atoms with Crippen LogP contribution in [0.4, 0.5) is 5.69 Å². The molecule has 29 heavy (non-hydrogen) atoms. The van der Waals surface area contributed by atoms with E-state index in [4.69, 9.17) is 8.83 Å². The molecule has 0 saturated carbocycles. The van der Waals surface area contributed by atoms with Gasteiger partial charge >= 0.3 is 0 Å². The number of anilines is 1. The van der Waals surface area contributed by atoms with E-state index in [1.165, 1.54) is 43.1 Å². The van der Waals surface area contributed by atoms with Crippen LogP contribution < -0.4 is 15.4 Å². The number of rotatable bonds is 9. The van der Waals surface area contributed by atoms with Crippen LogP contribution in [0.25, 0.3) is 0 Å². The van der Waals surface area contributed by atoms with Gasteiger partial charge in [0.15, 0.2) is 0 Å². The van der Waals surface area contributed by atoms with E-state index in [-0.39, 0.29) is 36.2 Å². The zero-order valence-corrected chi connectivity index (χ0v) is 16.1. The van der Waals surface area contributed by atoms with E-state index in [0.717, 1.165) is 0 Å². The third-order valence-electron chi connectivity index (χ3n) is 3.87. The minimum Gasteiger partial charge on any atom is -0.472 e. The summed E-state index contributed by atoms with van der Waals surface area (Å²) in [5.74, 6) is -0.228. The maximum absolute atomic E-state index is 12.4. The SMILES string of the molecule is O=C(CCNC(=O)c1ccoc1)Nc1cccc(S(=O)(=O)NCc2ccco2)c1. The molecule has 0 aliphatic carbocycles. The maximum atomic E-state index is 12.4. The summed E-state index contributed by atoms with van der Waals surface area (Å²) >= 11 is 0. The topological polar surface area (TPSA) is 131 Å². The Morgan fingerprint density at radius 3 is 2.62 bits per heavy atom. The van der Waals surface area contributed by atoms with Crippen molar-refractivity contribution in [3.63, 3.8) is 0 Å². The number of sulfonamides is 1. The molecule has 0 aliphatic rings. The Morgan fingerprint density at radius 2 is 1.90 bits per heavy atom. The molecule has 0 aliphatic heterocycles. The lowest BCUT2D eigenvalue weighted by Gasteiger charge is -2.09. The average molecular weight is 417 g/mol. The highest BCUT2D eigenvalue weighted by Crippen LogP contribution is 2.16. The highest BCUT2D eigenvalue weighted by Gasteiger charge is 2.15. The molecule has 0 fully saturated rings. The van der Waals surface area contributed by atoms with Crippen molar-refractivity contribution in [1.82, 2.24) is 10.0 Å². The number of nitrogens with one attached hydrogen (secondary N) is 3. The Hall–Kier alpha value is -3.37. The second-order valence-electron chi connectivity index (χ2n) is 6.00. The predicted octanol–water partition coefficient (Wildman–Crippen LogP) is 2.11. The molecule has 0 bridgehead atoms. The van der Waals surface area contributed by atoms with E-state index < -0.39 is 10.0 Å². The normalized spacial score (nSPS) is 11.2. The molecule has 2 aromatic heterocycles. The highest BCUT2D eigenvalue weighted by molar-refractivity contribution is 7.89. The van der Waals surface area contributed by atoms with Crippen LogP contribution >= 0.6 is 0 Å². The zero-order chi connectivity index (χ0) is 20.7. The highest BCUT2D eigenvalue weighted by atomic mass is 32.2. The zero-order valence-electron chi connectivity index (χ0n) is 15.3. The van der Waals surface area contributed by atoms with Gasteiger partial charge in [0, 0.05) is 18.7 Å². The Labute approximate surface area is 167 Å². The first-order chi connectivity index (χ1) is 13.9. The third-order valence-corrected chi connectivity index (χ3v) is 5.26. The van der Waals surface area contributed by atoms with Crippen LogP contribution in [0, 0.1) is 0 Å². The first kappa shape index (κ1) is 20.4. The van der Waals surface area contributed by atoms with Crippen LogP contribution in [-0.2, 0) is 21.4 Å². The summed E-state index contributed by atoms with van der Waals surface area (Å²) in [4.78, 5) is 23.8. The molecule has 0 saturated heterocycles. The van der Waals surface area contributed by atoms with Crippen molar-refractivity contribution in [2.75, 3.05) is 11.9 Å². The fourth-order valence-electron chi connectivity index (χ4n) is 2.41. The van der Waals surface area contributed by atoms with Crippen LogP contribution in [0.3, 0.4) is 0 Å².